The normalized spacial score (nSPS) is 18.2. The summed E-state index contributed by atoms with van der Waals surface area (Å²) in [6, 6.07) is 0.187. The Bertz CT molecular complexity index is 397. The number of nitrogens with one attached hydrogen (secondary N) is 3. The number of likely N-dealkylation sites (tertiary alicyclic amines) is 1. The van der Waals surface area contributed by atoms with Crippen LogP contribution < -0.4 is 16.0 Å². The van der Waals surface area contributed by atoms with Crippen molar-refractivity contribution in [2.75, 3.05) is 32.7 Å². The second kappa shape index (κ2) is 10.0. The summed E-state index contributed by atoms with van der Waals surface area (Å²) in [5.41, 5.74) is 0. The Hall–Kier alpha value is -1.79. The Morgan fingerprint density at radius 1 is 1.23 bits per heavy atom. The number of hydrogen-bond acceptors (Lipinski definition) is 3. The highest BCUT2D eigenvalue weighted by Crippen LogP contribution is 2.10. The first-order valence-corrected chi connectivity index (χ1v) is 8.19. The SMILES string of the molecule is CCCNC(=O)CN=C(NCC)NC1CCN(C(=O)CC)C1. The molecule has 1 saturated heterocycles. The molecule has 2 amide bonds. The summed E-state index contributed by atoms with van der Waals surface area (Å²) in [6.07, 6.45) is 2.35. The molecule has 0 bridgehead atoms. The average Bonchev–Trinajstić information content (AvgIpc) is 2.98. The number of carbonyl (C=O) groups excluding carboxylic acids is 2. The first-order valence-electron chi connectivity index (χ1n) is 8.19. The molecule has 7 heteroatoms. The maximum Gasteiger partial charge on any atom is 0.241 e. The molecule has 7 nitrogen and oxygen atoms in total. The second-order valence-electron chi connectivity index (χ2n) is 5.37. The number of amides is 2. The molecule has 22 heavy (non-hydrogen) atoms. The summed E-state index contributed by atoms with van der Waals surface area (Å²) >= 11 is 0. The van der Waals surface area contributed by atoms with Crippen LogP contribution in [0, 0.1) is 0 Å². The lowest BCUT2D eigenvalue weighted by Crippen LogP contribution is -2.45. The van der Waals surface area contributed by atoms with Crippen molar-refractivity contribution in [3.63, 3.8) is 0 Å². The van der Waals surface area contributed by atoms with E-state index in [1.54, 1.807) is 0 Å². The third-order valence-electron chi connectivity index (χ3n) is 3.48. The quantitative estimate of drug-likeness (QED) is 0.459. The molecular formula is C15H29N5O2. The summed E-state index contributed by atoms with van der Waals surface area (Å²) in [7, 11) is 0. The van der Waals surface area contributed by atoms with Crippen molar-refractivity contribution >= 4 is 17.8 Å². The van der Waals surface area contributed by atoms with E-state index in [1.807, 2.05) is 25.7 Å². The van der Waals surface area contributed by atoms with Crippen LogP contribution in [-0.4, -0.2) is 61.4 Å². The van der Waals surface area contributed by atoms with Gasteiger partial charge in [-0.1, -0.05) is 13.8 Å². The molecule has 1 fully saturated rings. The van der Waals surface area contributed by atoms with E-state index in [9.17, 15) is 9.59 Å². The number of nitrogens with zero attached hydrogens (tertiary/aromatic N) is 2. The highest BCUT2D eigenvalue weighted by molar-refractivity contribution is 5.85. The molecule has 0 aromatic carbocycles. The molecular weight excluding hydrogens is 282 g/mol. The van der Waals surface area contributed by atoms with Crippen molar-refractivity contribution in [1.29, 1.82) is 0 Å². The van der Waals surface area contributed by atoms with Crippen molar-refractivity contribution in [1.82, 2.24) is 20.9 Å². The lowest BCUT2D eigenvalue weighted by atomic mass is 10.3. The Morgan fingerprint density at radius 2 is 2.00 bits per heavy atom. The first kappa shape index (κ1) is 18.3. The molecule has 0 saturated carbocycles. The molecule has 1 aliphatic heterocycles. The van der Waals surface area contributed by atoms with E-state index < -0.39 is 0 Å². The Labute approximate surface area is 132 Å². The third-order valence-corrected chi connectivity index (χ3v) is 3.48. The van der Waals surface area contributed by atoms with E-state index in [1.165, 1.54) is 0 Å². The summed E-state index contributed by atoms with van der Waals surface area (Å²) in [6.45, 7) is 8.86. The zero-order valence-electron chi connectivity index (χ0n) is 13.9. The average molecular weight is 311 g/mol. The van der Waals surface area contributed by atoms with Gasteiger partial charge in [-0.05, 0) is 19.8 Å². The second-order valence-corrected chi connectivity index (χ2v) is 5.37. The minimum absolute atomic E-state index is 0.0757. The number of aliphatic imine (C=N–C) groups is 1. The fourth-order valence-corrected chi connectivity index (χ4v) is 2.31. The summed E-state index contributed by atoms with van der Waals surface area (Å²) < 4.78 is 0. The van der Waals surface area contributed by atoms with Crippen molar-refractivity contribution in [3.05, 3.63) is 0 Å². The number of rotatable bonds is 7. The van der Waals surface area contributed by atoms with Gasteiger partial charge in [0.25, 0.3) is 0 Å². The van der Waals surface area contributed by atoms with E-state index in [0.29, 0.717) is 25.5 Å². The largest absolute Gasteiger partial charge is 0.357 e. The van der Waals surface area contributed by atoms with Gasteiger partial charge in [0.2, 0.25) is 11.8 Å². The van der Waals surface area contributed by atoms with Crippen LogP contribution >= 0.6 is 0 Å². The molecule has 0 radical (unpaired) electrons. The van der Waals surface area contributed by atoms with Crippen molar-refractivity contribution in [2.45, 2.75) is 46.1 Å². The molecule has 0 aromatic heterocycles. The van der Waals surface area contributed by atoms with Crippen LogP contribution in [-0.2, 0) is 9.59 Å². The van der Waals surface area contributed by atoms with Crippen LogP contribution in [0.2, 0.25) is 0 Å². The summed E-state index contributed by atoms with van der Waals surface area (Å²) in [5.74, 6) is 0.739. The van der Waals surface area contributed by atoms with Crippen molar-refractivity contribution in [3.8, 4) is 0 Å². The van der Waals surface area contributed by atoms with Gasteiger partial charge in [0.1, 0.15) is 6.54 Å². The fourth-order valence-electron chi connectivity index (χ4n) is 2.31. The van der Waals surface area contributed by atoms with Gasteiger partial charge >= 0.3 is 0 Å². The molecule has 1 aliphatic rings. The lowest BCUT2D eigenvalue weighted by molar-refractivity contribution is -0.129. The fraction of sp³-hybridized carbons (Fsp3) is 0.800. The topological polar surface area (TPSA) is 85.8 Å². The van der Waals surface area contributed by atoms with Crippen molar-refractivity contribution in [2.24, 2.45) is 4.99 Å². The van der Waals surface area contributed by atoms with Crippen LogP contribution in [0.25, 0.3) is 0 Å². The van der Waals surface area contributed by atoms with Gasteiger partial charge < -0.3 is 20.9 Å². The molecule has 1 heterocycles. The van der Waals surface area contributed by atoms with E-state index in [4.69, 9.17) is 0 Å². The summed E-state index contributed by atoms with van der Waals surface area (Å²) in [5, 5.41) is 9.24. The van der Waals surface area contributed by atoms with Crippen LogP contribution in [0.4, 0.5) is 0 Å². The Morgan fingerprint density at radius 3 is 2.64 bits per heavy atom. The van der Waals surface area contributed by atoms with Crippen LogP contribution in [0.15, 0.2) is 4.99 Å². The smallest absolute Gasteiger partial charge is 0.241 e. The Balaban J connectivity index is 2.47. The molecule has 0 aliphatic carbocycles. The molecule has 0 aromatic rings. The molecule has 1 unspecified atom stereocenters. The predicted molar refractivity (Wildman–Crippen MR) is 87.7 cm³/mol. The van der Waals surface area contributed by atoms with Gasteiger partial charge in [0.15, 0.2) is 5.96 Å². The van der Waals surface area contributed by atoms with Gasteiger partial charge in [0.05, 0.1) is 0 Å². The van der Waals surface area contributed by atoms with Crippen LogP contribution in [0.1, 0.15) is 40.0 Å². The highest BCUT2D eigenvalue weighted by Gasteiger charge is 2.25. The molecule has 0 spiro atoms. The lowest BCUT2D eigenvalue weighted by Gasteiger charge is -2.18. The van der Waals surface area contributed by atoms with E-state index in [-0.39, 0.29) is 24.4 Å². The highest BCUT2D eigenvalue weighted by atomic mass is 16.2. The standard InChI is InChI=1S/C15H29N5O2/c1-4-8-17-13(21)10-18-15(16-6-3)19-12-7-9-20(11-12)14(22)5-2/h12H,4-11H2,1-3H3,(H,17,21)(H2,16,18,19). The van der Waals surface area contributed by atoms with Crippen molar-refractivity contribution < 1.29 is 9.59 Å². The number of hydrogen-bond donors (Lipinski definition) is 3. The van der Waals surface area contributed by atoms with Gasteiger partial charge in [-0.2, -0.15) is 0 Å². The number of guanidine groups is 1. The minimum atomic E-state index is -0.0757. The third kappa shape index (κ3) is 6.32. The van der Waals surface area contributed by atoms with Gasteiger partial charge in [0, 0.05) is 38.6 Å². The monoisotopic (exact) mass is 311 g/mol. The van der Waals surface area contributed by atoms with Gasteiger partial charge in [-0.25, -0.2) is 4.99 Å². The zero-order valence-corrected chi connectivity index (χ0v) is 13.9. The first-order chi connectivity index (χ1) is 10.6. The van der Waals surface area contributed by atoms with E-state index in [0.717, 1.165) is 25.9 Å². The summed E-state index contributed by atoms with van der Waals surface area (Å²) in [4.78, 5) is 29.5. The van der Waals surface area contributed by atoms with Gasteiger partial charge in [-0.3, -0.25) is 9.59 Å². The molecule has 126 valence electrons. The maximum absolute atomic E-state index is 11.7. The maximum atomic E-state index is 11.7. The number of carbonyl (C=O) groups is 2. The Kier molecular flexibility index (Phi) is 8.32. The predicted octanol–water partition coefficient (Wildman–Crippen LogP) is 0.0786. The molecule has 3 N–H and O–H groups in total. The van der Waals surface area contributed by atoms with E-state index in [2.05, 4.69) is 20.9 Å². The zero-order chi connectivity index (χ0) is 16.4. The molecule has 1 atom stereocenters. The van der Waals surface area contributed by atoms with Crippen LogP contribution in [0.3, 0.4) is 0 Å². The van der Waals surface area contributed by atoms with Crippen LogP contribution in [0.5, 0.6) is 0 Å². The molecule has 1 rings (SSSR count). The van der Waals surface area contributed by atoms with E-state index >= 15 is 0 Å². The minimum Gasteiger partial charge on any atom is -0.357 e. The van der Waals surface area contributed by atoms with Gasteiger partial charge in [-0.15, -0.1) is 0 Å².